The van der Waals surface area contributed by atoms with Gasteiger partial charge in [-0.2, -0.15) is 20.4 Å². The van der Waals surface area contributed by atoms with E-state index in [-0.39, 0.29) is 34.4 Å². The van der Waals surface area contributed by atoms with E-state index in [4.69, 9.17) is 0 Å². The van der Waals surface area contributed by atoms with Crippen molar-refractivity contribution in [1.82, 2.24) is 92.8 Å². The third-order valence-corrected chi connectivity index (χ3v) is 20.7. The average molecular weight is 1570 g/mol. The number of para-hydroxylation sites is 3. The van der Waals surface area contributed by atoms with Crippen LogP contribution < -0.4 is 32.6 Å². The molecule has 0 radical (unpaired) electrons. The van der Waals surface area contributed by atoms with Crippen molar-refractivity contribution in [2.75, 3.05) is 0 Å². The zero-order valence-corrected chi connectivity index (χ0v) is 66.7. The van der Waals surface area contributed by atoms with Crippen molar-refractivity contribution in [2.45, 2.75) is 80.4 Å². The molecule has 26 nitrogen and oxygen atoms in total. The Balaban J connectivity index is 0.000000140. The Kier molecular flexibility index (Phi) is 21.8. The van der Waals surface area contributed by atoms with Crippen LogP contribution in [0.2, 0.25) is 0 Å². The number of benzene rings is 6. The van der Waals surface area contributed by atoms with Crippen LogP contribution in [0.15, 0.2) is 240 Å². The van der Waals surface area contributed by atoms with E-state index in [1.807, 2.05) is 212 Å². The van der Waals surface area contributed by atoms with Crippen molar-refractivity contribution in [3.8, 4) is 52.6 Å². The second-order valence-corrected chi connectivity index (χ2v) is 28.4. The highest BCUT2D eigenvalue weighted by molar-refractivity contribution is 6.03. The summed E-state index contributed by atoms with van der Waals surface area (Å²) in [7, 11) is 3.79. The van der Waals surface area contributed by atoms with Gasteiger partial charge >= 0.3 is 0 Å². The monoisotopic (exact) mass is 1570 g/mol. The molecular formula is C93H77N19O7. The van der Waals surface area contributed by atoms with Crippen molar-refractivity contribution in [1.29, 1.82) is 0 Å². The molecule has 3 atom stereocenters. The summed E-state index contributed by atoms with van der Waals surface area (Å²) in [6, 6.07) is 54.0. The van der Waals surface area contributed by atoms with Gasteiger partial charge in [0.15, 0.2) is 23.2 Å². The minimum Gasteiger partial charge on any atom is -0.344 e. The molecule has 11 aromatic heterocycles. The molecule has 17 rings (SSSR count). The summed E-state index contributed by atoms with van der Waals surface area (Å²) in [5, 5.41) is 30.4. The van der Waals surface area contributed by atoms with E-state index >= 15 is 0 Å². The third kappa shape index (κ3) is 15.3. The number of aryl methyl sites for hydroxylation is 6. The molecule has 6 aromatic carbocycles. The quantitative estimate of drug-likeness (QED) is 0.0756. The second kappa shape index (κ2) is 33.2. The number of hydrogen-bond donors (Lipinski definition) is 3. The second-order valence-electron chi connectivity index (χ2n) is 28.4. The highest BCUT2D eigenvalue weighted by Crippen LogP contribution is 2.30. The first kappa shape index (κ1) is 78.3. The fourth-order valence-corrected chi connectivity index (χ4v) is 14.7. The highest BCUT2D eigenvalue weighted by atomic mass is 16.2. The summed E-state index contributed by atoms with van der Waals surface area (Å²) in [5.41, 5.74) is 12.6. The number of pyridine rings is 3. The topological polar surface area (TPSA) is 297 Å². The maximum absolute atomic E-state index is 14.3. The van der Waals surface area contributed by atoms with Gasteiger partial charge in [-0.25, -0.2) is 33.5 Å². The normalized spacial score (nSPS) is 11.8. The van der Waals surface area contributed by atoms with Crippen molar-refractivity contribution in [3.05, 3.63) is 352 Å². The molecule has 0 fully saturated rings. The molecule has 586 valence electrons. The minimum atomic E-state index is -0.544. The fourth-order valence-electron chi connectivity index (χ4n) is 14.7. The molecule has 0 saturated carbocycles. The van der Waals surface area contributed by atoms with Crippen molar-refractivity contribution in [3.63, 3.8) is 0 Å². The molecule has 3 amide bonds. The van der Waals surface area contributed by atoms with Gasteiger partial charge < -0.3 is 20.5 Å². The van der Waals surface area contributed by atoms with E-state index in [0.29, 0.717) is 129 Å². The van der Waals surface area contributed by atoms with Gasteiger partial charge in [-0.15, -0.1) is 0 Å². The number of aromatic nitrogens is 16. The summed E-state index contributed by atoms with van der Waals surface area (Å²) >= 11 is 0. The van der Waals surface area contributed by atoms with Gasteiger partial charge in [0.25, 0.3) is 34.4 Å². The van der Waals surface area contributed by atoms with Crippen LogP contribution in [0.25, 0.3) is 66.3 Å². The molecule has 17 aromatic rings. The number of carbonyl (C=O) groups excluding carboxylic acids is 4. The van der Waals surface area contributed by atoms with E-state index in [1.54, 1.807) is 126 Å². The van der Waals surface area contributed by atoms with Crippen molar-refractivity contribution in [2.24, 2.45) is 14.1 Å². The van der Waals surface area contributed by atoms with Gasteiger partial charge in [0.2, 0.25) is 0 Å². The first-order valence-corrected chi connectivity index (χ1v) is 38.1. The maximum atomic E-state index is 14.3. The maximum Gasteiger partial charge on any atom is 0.264 e. The molecule has 11 heterocycles. The number of carbonyl (C=O) groups is 4. The Morgan fingerprint density at radius 2 is 0.756 bits per heavy atom. The van der Waals surface area contributed by atoms with Gasteiger partial charge in [0.05, 0.1) is 74.5 Å². The van der Waals surface area contributed by atoms with E-state index < -0.39 is 18.1 Å². The number of aldehydes is 1. The van der Waals surface area contributed by atoms with Crippen LogP contribution in [0.3, 0.4) is 0 Å². The largest absolute Gasteiger partial charge is 0.344 e. The Morgan fingerprint density at radius 1 is 0.403 bits per heavy atom. The zero-order chi connectivity index (χ0) is 83.4. The van der Waals surface area contributed by atoms with Crippen LogP contribution in [0, 0.1) is 77.1 Å². The van der Waals surface area contributed by atoms with Crippen LogP contribution in [-0.4, -0.2) is 101 Å². The zero-order valence-electron chi connectivity index (χ0n) is 66.7. The first-order chi connectivity index (χ1) is 57.6. The number of rotatable bonds is 12. The Labute approximate surface area is 681 Å². The number of nitrogens with zero attached hydrogens (tertiary/aromatic N) is 16. The summed E-state index contributed by atoms with van der Waals surface area (Å²) in [6.07, 6.45) is 12.3. The lowest BCUT2D eigenvalue weighted by atomic mass is 10.0. The molecule has 0 saturated heterocycles. The van der Waals surface area contributed by atoms with Crippen LogP contribution in [0.5, 0.6) is 0 Å². The molecule has 0 aliphatic carbocycles. The molecule has 26 heteroatoms. The molecule has 0 spiro atoms. The average Bonchev–Trinajstić information content (AvgIpc) is 1.76. The van der Waals surface area contributed by atoms with Gasteiger partial charge in [0, 0.05) is 102 Å². The lowest BCUT2D eigenvalue weighted by molar-refractivity contribution is -0.103. The standard InChI is InChI=1S/C33H29N7O2.C32H27N7O2.C28H21N5O3/c1-20-27(23(4)38(5)36-20)16-15-24-11-9-12-25-19-28(40(33(42)30(24)25)26-13-7-6-8-14-26)21(2)35-32(41)29-22(3)37-39-18-10-17-34-31(29)39;1-20(35-31(40)28-21(2)36-38-17-9-16-33-30(28)38)27-18-24-11-8-10-23(14-15-26-19-34-22(3)37(26)4)29(24)32(41)39(27)25-12-6-5-7-13-25;1-18(30-27(35)24-19(2)31-32-15-8-14-29-26(24)32)23-17-21-10-6-9-20(11-7-16-34)25(21)28(36)33(23)22-12-4-3-5-13-22/h6-14,17-19,21H,1-5H3,(H,35,41);5-13,16-20H,1-4H3,(H,35,40);3-6,8-10,12-18H,1-2H3,(H,30,35)/t21-;20-;18-/m000/s1. The summed E-state index contributed by atoms with van der Waals surface area (Å²) in [6.45, 7) is 16.7. The van der Waals surface area contributed by atoms with Crippen molar-refractivity contribution >= 4 is 73.3 Å². The lowest BCUT2D eigenvalue weighted by Crippen LogP contribution is -2.32. The first-order valence-electron chi connectivity index (χ1n) is 38.1. The molecule has 3 N–H and O–H groups in total. The highest BCUT2D eigenvalue weighted by Gasteiger charge is 2.28. The predicted octanol–water partition coefficient (Wildman–Crippen LogP) is 12.2. The van der Waals surface area contributed by atoms with Crippen LogP contribution in [-0.2, 0) is 18.9 Å². The predicted molar refractivity (Wildman–Crippen MR) is 455 cm³/mol. The Bertz CT molecular complexity index is 7330. The smallest absolute Gasteiger partial charge is 0.264 e. The van der Waals surface area contributed by atoms with E-state index in [0.717, 1.165) is 39.2 Å². The number of nitrogens with one attached hydrogen (secondary N) is 3. The lowest BCUT2D eigenvalue weighted by Gasteiger charge is -2.21. The van der Waals surface area contributed by atoms with E-state index in [2.05, 4.69) is 91.8 Å². The molecule has 0 bridgehead atoms. The van der Waals surface area contributed by atoms with E-state index in [1.165, 1.54) is 0 Å². The van der Waals surface area contributed by atoms with Crippen LogP contribution in [0.4, 0.5) is 0 Å². The molecular weight excluding hydrogens is 1500 g/mol. The molecule has 0 aliphatic rings. The van der Waals surface area contributed by atoms with Crippen LogP contribution in [0.1, 0.15) is 149 Å². The summed E-state index contributed by atoms with van der Waals surface area (Å²) in [5.74, 6) is 17.9. The van der Waals surface area contributed by atoms with Gasteiger partial charge in [-0.05, 0) is 181 Å². The number of fused-ring (bicyclic) bond motifs is 6. The fraction of sp³-hybridized carbons (Fsp3) is 0.151. The molecule has 119 heavy (non-hydrogen) atoms. The van der Waals surface area contributed by atoms with Crippen molar-refractivity contribution < 1.29 is 19.2 Å². The van der Waals surface area contributed by atoms with Crippen LogP contribution >= 0.6 is 0 Å². The number of hydrogen-bond acceptors (Lipinski definition) is 15. The number of amides is 3. The Morgan fingerprint density at radius 3 is 1.08 bits per heavy atom. The molecule has 0 unspecified atom stereocenters. The van der Waals surface area contributed by atoms with Gasteiger partial charge in [0.1, 0.15) is 28.2 Å². The molecule has 0 aliphatic heterocycles. The van der Waals surface area contributed by atoms with Gasteiger partial charge in [-0.1, -0.05) is 115 Å². The van der Waals surface area contributed by atoms with Gasteiger partial charge in [-0.3, -0.25) is 51.9 Å². The summed E-state index contributed by atoms with van der Waals surface area (Å²) in [4.78, 5) is 111. The minimum absolute atomic E-state index is 0.215. The third-order valence-electron chi connectivity index (χ3n) is 20.7. The number of imidazole rings is 1. The summed E-state index contributed by atoms with van der Waals surface area (Å²) < 4.78 is 13.3. The SMILES string of the molecule is Cc1nn(C)c(C)c1C#Cc1cccc2cc([C@H](C)NC(=O)c3c(C)nn4cccnc34)n(-c3ccccc3)c(=O)c12.Cc1nn2cccnc2c1C(=O)N[C@@H](C)c1cc2cccc(C#CC=O)c2c(=O)n1-c1ccccc1.Cc1nn2cccnc2c1C(=O)N[C@@H](C)c1cc2cccc(C#Cc3cnc(C)n3C)c2c(=O)n1-c1ccccc1. The Hall–Kier alpha value is -16.0. The van der Waals surface area contributed by atoms with E-state index in [9.17, 15) is 33.6 Å².